The van der Waals surface area contributed by atoms with Crippen LogP contribution < -0.4 is 5.73 Å². The number of amides is 2. The molecule has 37 heavy (non-hydrogen) atoms. The number of carbonyl (C=O) groups excluding carboxylic acids is 2. The van der Waals surface area contributed by atoms with E-state index in [0.29, 0.717) is 17.9 Å². The van der Waals surface area contributed by atoms with Crippen LogP contribution in [0.1, 0.15) is 61.7 Å². The van der Waals surface area contributed by atoms with E-state index in [1.807, 2.05) is 30.3 Å². The Labute approximate surface area is 216 Å². The number of aliphatic hydroxyl groups excluding tert-OH is 2. The average molecular weight is 509 g/mol. The molecule has 1 aliphatic carbocycles. The Hall–Kier alpha value is -3.50. The molecule has 3 aromatic rings. The van der Waals surface area contributed by atoms with Gasteiger partial charge in [0.05, 0.1) is 18.1 Å². The first-order valence-corrected chi connectivity index (χ1v) is 12.9. The molecular formula is C27H36N6O4. The normalized spacial score (nSPS) is 17.6. The first kappa shape index (κ1) is 26.6. The minimum Gasteiger partial charge on any atom is -0.383 e. The predicted molar refractivity (Wildman–Crippen MR) is 137 cm³/mol. The predicted octanol–water partition coefficient (Wildman–Crippen LogP) is 2.03. The van der Waals surface area contributed by atoms with Gasteiger partial charge in [0, 0.05) is 31.4 Å². The van der Waals surface area contributed by atoms with Crippen LogP contribution in [0.25, 0.3) is 0 Å². The molecule has 0 aliphatic heterocycles. The third-order valence-electron chi connectivity index (χ3n) is 7.25. The fraction of sp³-hybridized carbons (Fsp3) is 0.481. The summed E-state index contributed by atoms with van der Waals surface area (Å²) in [6.45, 7) is 0. The molecule has 6 N–H and O–H groups in total. The highest BCUT2D eigenvalue weighted by molar-refractivity contribution is 5.89. The number of benzene rings is 1. The van der Waals surface area contributed by atoms with Crippen LogP contribution in [0.3, 0.4) is 0 Å². The fourth-order valence-corrected chi connectivity index (χ4v) is 5.36. The Morgan fingerprint density at radius 2 is 1.84 bits per heavy atom. The highest BCUT2D eigenvalue weighted by Crippen LogP contribution is 2.34. The molecule has 4 rings (SSSR count). The van der Waals surface area contributed by atoms with E-state index in [-0.39, 0.29) is 18.8 Å². The Kier molecular flexibility index (Phi) is 9.08. The maximum atomic E-state index is 14.0. The van der Waals surface area contributed by atoms with Gasteiger partial charge in [0.25, 0.3) is 5.91 Å². The van der Waals surface area contributed by atoms with Crippen LogP contribution >= 0.6 is 0 Å². The zero-order chi connectivity index (χ0) is 26.2. The third kappa shape index (κ3) is 6.84. The van der Waals surface area contributed by atoms with Crippen molar-refractivity contribution < 1.29 is 19.8 Å². The molecule has 4 atom stereocenters. The van der Waals surface area contributed by atoms with Crippen molar-refractivity contribution in [3.63, 3.8) is 0 Å². The van der Waals surface area contributed by atoms with Crippen molar-refractivity contribution >= 4 is 11.8 Å². The van der Waals surface area contributed by atoms with Crippen molar-refractivity contribution in [3.05, 3.63) is 72.3 Å². The summed E-state index contributed by atoms with van der Waals surface area (Å²) in [5.41, 5.74) is 7.20. The molecule has 1 saturated carbocycles. The van der Waals surface area contributed by atoms with Crippen molar-refractivity contribution in [1.29, 1.82) is 0 Å². The lowest BCUT2D eigenvalue weighted by Gasteiger charge is -2.41. The molecule has 0 bridgehead atoms. The van der Waals surface area contributed by atoms with Crippen molar-refractivity contribution in [2.45, 2.75) is 75.7 Å². The molecule has 0 unspecified atom stereocenters. The van der Waals surface area contributed by atoms with E-state index >= 15 is 0 Å². The van der Waals surface area contributed by atoms with E-state index in [1.54, 1.807) is 12.4 Å². The zero-order valence-corrected chi connectivity index (χ0v) is 20.9. The second-order valence-corrected chi connectivity index (χ2v) is 9.86. The monoisotopic (exact) mass is 508 g/mol. The van der Waals surface area contributed by atoms with E-state index in [0.717, 1.165) is 37.7 Å². The minimum absolute atomic E-state index is 0.0503. The summed E-state index contributed by atoms with van der Waals surface area (Å²) >= 11 is 0. The van der Waals surface area contributed by atoms with Crippen LogP contribution in [0.4, 0.5) is 0 Å². The van der Waals surface area contributed by atoms with Crippen molar-refractivity contribution in [1.82, 2.24) is 24.8 Å². The maximum Gasteiger partial charge on any atom is 0.252 e. The van der Waals surface area contributed by atoms with Gasteiger partial charge in [-0.05, 0) is 17.9 Å². The number of aromatic nitrogens is 4. The second-order valence-electron chi connectivity index (χ2n) is 9.86. The van der Waals surface area contributed by atoms with E-state index in [9.17, 15) is 19.8 Å². The lowest BCUT2D eigenvalue weighted by molar-refractivity contribution is -0.153. The number of aromatic amines is 2. The molecule has 2 heterocycles. The van der Waals surface area contributed by atoms with E-state index in [1.165, 1.54) is 17.4 Å². The van der Waals surface area contributed by atoms with Gasteiger partial charge in [0.1, 0.15) is 24.1 Å². The number of nitrogens with zero attached hydrogens (tertiary/aromatic N) is 3. The van der Waals surface area contributed by atoms with Gasteiger partial charge >= 0.3 is 0 Å². The number of hydrogen-bond donors (Lipinski definition) is 5. The number of aliphatic hydroxyl groups is 2. The summed E-state index contributed by atoms with van der Waals surface area (Å²) in [5, 5.41) is 22.6. The lowest BCUT2D eigenvalue weighted by atomic mass is 9.82. The van der Waals surface area contributed by atoms with E-state index < -0.39 is 36.1 Å². The molecule has 0 radical (unpaired) electrons. The summed E-state index contributed by atoms with van der Waals surface area (Å²) in [5.74, 6) is -0.846. The Morgan fingerprint density at radius 1 is 1.08 bits per heavy atom. The van der Waals surface area contributed by atoms with Crippen LogP contribution in [0.15, 0.2) is 55.2 Å². The highest BCUT2D eigenvalue weighted by Gasteiger charge is 2.42. The third-order valence-corrected chi connectivity index (χ3v) is 7.25. The number of imidazole rings is 2. The van der Waals surface area contributed by atoms with Gasteiger partial charge in [-0.1, -0.05) is 62.4 Å². The summed E-state index contributed by atoms with van der Waals surface area (Å²) in [6, 6.07) is 7.22. The fourth-order valence-electron chi connectivity index (χ4n) is 5.36. The molecule has 0 spiro atoms. The molecule has 1 fully saturated rings. The number of H-pyrrole nitrogens is 2. The number of rotatable bonds is 12. The largest absolute Gasteiger partial charge is 0.383 e. The molecule has 2 aromatic heterocycles. The van der Waals surface area contributed by atoms with Gasteiger partial charge in [0.2, 0.25) is 5.91 Å². The lowest BCUT2D eigenvalue weighted by Crippen LogP contribution is -2.58. The van der Waals surface area contributed by atoms with Gasteiger partial charge in [-0.2, -0.15) is 0 Å². The summed E-state index contributed by atoms with van der Waals surface area (Å²) in [7, 11) is 0. The van der Waals surface area contributed by atoms with Gasteiger partial charge in [-0.3, -0.25) is 9.59 Å². The van der Waals surface area contributed by atoms with Crippen LogP contribution in [-0.2, 0) is 22.4 Å². The molecule has 0 saturated heterocycles. The minimum atomic E-state index is -1.43. The second kappa shape index (κ2) is 12.6. The van der Waals surface area contributed by atoms with Crippen LogP contribution in [-0.4, -0.2) is 65.1 Å². The van der Waals surface area contributed by atoms with Crippen LogP contribution in [0, 0.1) is 5.92 Å². The molecule has 198 valence electrons. The average Bonchev–Trinajstić information content (AvgIpc) is 3.63. The summed E-state index contributed by atoms with van der Waals surface area (Å²) in [6.07, 6.45) is 9.43. The van der Waals surface area contributed by atoms with Gasteiger partial charge < -0.3 is 30.8 Å². The Balaban J connectivity index is 1.72. The Morgan fingerprint density at radius 3 is 2.46 bits per heavy atom. The number of carbonyl (C=O) groups is 2. The molecule has 10 heteroatoms. The van der Waals surface area contributed by atoms with Gasteiger partial charge in [0.15, 0.2) is 0 Å². The standard InChI is InChI=1S/C27H36N6O4/c28-25(36)22(15-20-16-29-17-32-20)33(27(37)23(34)14-19-9-5-2-6-10-19)21(13-18-7-3-1-4-8-18)24(35)26-30-11-12-31-26/h2,5-6,9-12,16-18,21-24,34-35H,1,3-4,7-8,13-15H2,(H2,28,36)(H,29,32)(H,30,31)/t21-,22-,23-,24+/m0/s1. The smallest absolute Gasteiger partial charge is 0.252 e. The summed E-state index contributed by atoms with van der Waals surface area (Å²) in [4.78, 5) is 42.4. The number of primary amides is 1. The zero-order valence-electron chi connectivity index (χ0n) is 20.9. The quantitative estimate of drug-likeness (QED) is 0.251. The topological polar surface area (TPSA) is 161 Å². The first-order chi connectivity index (χ1) is 17.9. The van der Waals surface area contributed by atoms with E-state index in [2.05, 4.69) is 19.9 Å². The number of hydrogen-bond acceptors (Lipinski definition) is 6. The van der Waals surface area contributed by atoms with Crippen molar-refractivity contribution in [2.24, 2.45) is 11.7 Å². The summed E-state index contributed by atoms with van der Waals surface area (Å²) < 4.78 is 0. The molecular weight excluding hydrogens is 472 g/mol. The highest BCUT2D eigenvalue weighted by atomic mass is 16.3. The van der Waals surface area contributed by atoms with Crippen LogP contribution in [0.5, 0.6) is 0 Å². The number of nitrogens with two attached hydrogens (primary N) is 1. The first-order valence-electron chi connectivity index (χ1n) is 12.9. The molecule has 1 aliphatic rings. The van der Waals surface area contributed by atoms with Gasteiger partial charge in [-0.25, -0.2) is 9.97 Å². The molecule has 10 nitrogen and oxygen atoms in total. The Bertz CT molecular complexity index is 1100. The SMILES string of the molecule is NC(=O)[C@H](Cc1c[nH]cn1)N(C(=O)[C@@H](O)Cc1ccccc1)[C@@H](CC1CCCCC1)[C@@H](O)c1ncc[nH]1. The van der Waals surface area contributed by atoms with Crippen LogP contribution in [0.2, 0.25) is 0 Å². The number of nitrogens with one attached hydrogen (secondary N) is 2. The molecule has 2 amide bonds. The van der Waals surface area contributed by atoms with Crippen molar-refractivity contribution in [2.75, 3.05) is 0 Å². The van der Waals surface area contributed by atoms with Crippen molar-refractivity contribution in [3.8, 4) is 0 Å². The van der Waals surface area contributed by atoms with Gasteiger partial charge in [-0.15, -0.1) is 0 Å². The maximum absolute atomic E-state index is 14.0. The van der Waals surface area contributed by atoms with E-state index in [4.69, 9.17) is 5.73 Å². The molecule has 1 aromatic carbocycles.